The van der Waals surface area contributed by atoms with Crippen molar-refractivity contribution in [2.45, 2.75) is 53.1 Å². The van der Waals surface area contributed by atoms with Crippen molar-refractivity contribution in [1.82, 2.24) is 10.2 Å². The van der Waals surface area contributed by atoms with Crippen molar-refractivity contribution < 1.29 is 18.4 Å². The summed E-state index contributed by atoms with van der Waals surface area (Å²) in [6, 6.07) is 0. The lowest BCUT2D eigenvalue weighted by molar-refractivity contribution is 0.132. The number of amides is 2. The van der Waals surface area contributed by atoms with Gasteiger partial charge in [0.2, 0.25) is 0 Å². The zero-order chi connectivity index (χ0) is 15.6. The predicted octanol–water partition coefficient (Wildman–Crippen LogP) is 3.08. The topological polar surface area (TPSA) is 67.9 Å². The summed E-state index contributed by atoms with van der Waals surface area (Å²) in [5.74, 6) is 0. The van der Waals surface area contributed by atoms with Gasteiger partial charge in [0.1, 0.15) is 0 Å². The highest BCUT2D eigenvalue weighted by atomic mass is 28.4. The van der Waals surface area contributed by atoms with E-state index >= 15 is 0 Å². The molecule has 0 aromatic rings. The molecule has 20 heavy (non-hydrogen) atoms. The molecule has 1 N–H and O–H groups in total. The van der Waals surface area contributed by atoms with E-state index in [1.54, 1.807) is 18.0 Å². The van der Waals surface area contributed by atoms with Crippen molar-refractivity contribution in [1.29, 1.82) is 0 Å². The van der Waals surface area contributed by atoms with Gasteiger partial charge in [-0.1, -0.05) is 20.8 Å². The molecule has 0 atom stereocenters. The van der Waals surface area contributed by atoms with E-state index in [1.165, 1.54) is 0 Å². The molecule has 7 heteroatoms. The third-order valence-electron chi connectivity index (χ3n) is 2.44. The Morgan fingerprint density at radius 3 is 2.00 bits per heavy atom. The Bertz CT molecular complexity index is 305. The molecule has 0 saturated carbocycles. The number of rotatable bonds is 8. The summed E-state index contributed by atoms with van der Waals surface area (Å²) in [4.78, 5) is 25.2. The molecule has 0 aromatic heterocycles. The number of hydrogen-bond acceptors (Lipinski definition) is 4. The van der Waals surface area contributed by atoms with Gasteiger partial charge in [-0.2, -0.15) is 0 Å². The van der Waals surface area contributed by atoms with Gasteiger partial charge in [-0.3, -0.25) is 0 Å². The molecule has 0 aliphatic rings. The minimum Gasteiger partial charge on any atom is -0.469 e. The van der Waals surface area contributed by atoms with Crippen molar-refractivity contribution in [3.63, 3.8) is 0 Å². The zero-order valence-corrected chi connectivity index (χ0v) is 14.3. The Balaban J connectivity index is 4.40. The van der Waals surface area contributed by atoms with Gasteiger partial charge in [0.25, 0.3) is 0 Å². The Morgan fingerprint density at radius 2 is 1.55 bits per heavy atom. The Kier molecular flexibility index (Phi) is 9.03. The van der Waals surface area contributed by atoms with Crippen molar-refractivity contribution in [3.05, 3.63) is 0 Å². The van der Waals surface area contributed by atoms with Gasteiger partial charge in [-0.15, -0.1) is 0 Å². The van der Waals surface area contributed by atoms with Gasteiger partial charge >= 0.3 is 20.7 Å². The maximum atomic E-state index is 12.1. The van der Waals surface area contributed by atoms with Crippen LogP contribution in [0.3, 0.4) is 0 Å². The van der Waals surface area contributed by atoms with Crippen molar-refractivity contribution >= 4 is 20.7 Å². The number of nitrogens with one attached hydrogen (secondary N) is 1. The van der Waals surface area contributed by atoms with Crippen LogP contribution in [-0.4, -0.2) is 45.3 Å². The van der Waals surface area contributed by atoms with E-state index in [0.717, 1.165) is 19.3 Å². The largest absolute Gasteiger partial charge is 0.469 e. The van der Waals surface area contributed by atoms with Gasteiger partial charge in [-0.05, 0) is 19.3 Å². The van der Waals surface area contributed by atoms with Crippen LogP contribution >= 0.6 is 0 Å². The maximum absolute atomic E-state index is 12.1. The van der Waals surface area contributed by atoms with Crippen LogP contribution in [0, 0.1) is 0 Å². The molecule has 0 fully saturated rings. The normalized spacial score (nSPS) is 10.8. The molecular formula is C13H28N2O4Si. The molecule has 6 nitrogen and oxygen atoms in total. The number of carbonyl (C=O) groups is 2. The van der Waals surface area contributed by atoms with Crippen LogP contribution in [0.1, 0.15) is 40.0 Å². The molecule has 0 heterocycles. The SMILES string of the molecule is CCCNC(=O)O[Si](C)(C)OC(=O)N(CCC)CCC. The lowest BCUT2D eigenvalue weighted by Gasteiger charge is -2.27. The second-order valence-electron chi connectivity index (χ2n) is 5.07. The summed E-state index contributed by atoms with van der Waals surface area (Å²) in [5.41, 5.74) is 0. The third-order valence-corrected chi connectivity index (χ3v) is 3.78. The minimum atomic E-state index is -2.80. The Hall–Kier alpha value is -1.24. The molecular weight excluding hydrogens is 276 g/mol. The number of carbonyl (C=O) groups excluding carboxylic acids is 2. The average Bonchev–Trinajstić information content (AvgIpc) is 2.34. The van der Waals surface area contributed by atoms with Gasteiger partial charge in [0.15, 0.2) is 0 Å². The summed E-state index contributed by atoms with van der Waals surface area (Å²) in [7, 11) is -2.80. The van der Waals surface area contributed by atoms with Crippen LogP contribution in [0.2, 0.25) is 13.1 Å². The molecule has 0 unspecified atom stereocenters. The summed E-state index contributed by atoms with van der Waals surface area (Å²) in [6.45, 7) is 11.2. The number of nitrogens with zero attached hydrogens (tertiary/aromatic N) is 1. The highest BCUT2D eigenvalue weighted by Gasteiger charge is 2.35. The molecule has 0 radical (unpaired) electrons. The first-order valence-corrected chi connectivity index (χ1v) is 10.1. The fourth-order valence-electron chi connectivity index (χ4n) is 1.62. The zero-order valence-electron chi connectivity index (χ0n) is 13.3. The minimum absolute atomic E-state index is 0.395. The molecule has 2 amide bonds. The number of hydrogen-bond donors (Lipinski definition) is 1. The second kappa shape index (κ2) is 9.63. The van der Waals surface area contributed by atoms with Crippen molar-refractivity contribution in [3.8, 4) is 0 Å². The lowest BCUT2D eigenvalue weighted by atomic mass is 10.4. The van der Waals surface area contributed by atoms with Crippen molar-refractivity contribution in [2.75, 3.05) is 19.6 Å². The standard InChI is InChI=1S/C13H28N2O4Si/c1-6-9-14-12(16)18-20(4,5)19-13(17)15(10-7-2)11-8-3/h6-11H2,1-5H3,(H,14,16). The van der Waals surface area contributed by atoms with Gasteiger partial charge < -0.3 is 19.1 Å². The van der Waals surface area contributed by atoms with E-state index in [9.17, 15) is 9.59 Å². The fraction of sp³-hybridized carbons (Fsp3) is 0.846. The molecule has 0 aliphatic carbocycles. The summed E-state index contributed by atoms with van der Waals surface area (Å²) < 4.78 is 10.6. The molecule has 0 spiro atoms. The van der Waals surface area contributed by atoms with Crippen LogP contribution in [-0.2, 0) is 8.85 Å². The summed E-state index contributed by atoms with van der Waals surface area (Å²) >= 11 is 0. The first kappa shape index (κ1) is 18.8. The van der Waals surface area contributed by atoms with Gasteiger partial charge in [0.05, 0.1) is 0 Å². The first-order chi connectivity index (χ1) is 9.36. The van der Waals surface area contributed by atoms with Crippen LogP contribution in [0.15, 0.2) is 0 Å². The smallest absolute Gasteiger partial charge is 0.460 e. The van der Waals surface area contributed by atoms with Gasteiger partial charge in [0, 0.05) is 32.7 Å². The van der Waals surface area contributed by atoms with E-state index in [4.69, 9.17) is 8.85 Å². The average molecular weight is 304 g/mol. The lowest BCUT2D eigenvalue weighted by Crippen LogP contribution is -2.46. The van der Waals surface area contributed by atoms with Gasteiger partial charge in [-0.25, -0.2) is 9.59 Å². The van der Waals surface area contributed by atoms with Crippen LogP contribution in [0.5, 0.6) is 0 Å². The van der Waals surface area contributed by atoms with Crippen molar-refractivity contribution in [2.24, 2.45) is 0 Å². The molecule has 118 valence electrons. The van der Waals surface area contributed by atoms with E-state index < -0.39 is 20.7 Å². The van der Waals surface area contributed by atoms with E-state index in [0.29, 0.717) is 19.6 Å². The molecule has 0 saturated heterocycles. The Morgan fingerprint density at radius 1 is 1.00 bits per heavy atom. The predicted molar refractivity (Wildman–Crippen MR) is 80.9 cm³/mol. The first-order valence-electron chi connectivity index (χ1n) is 7.31. The van der Waals surface area contributed by atoms with Crippen LogP contribution in [0.4, 0.5) is 9.59 Å². The Labute approximate surface area is 123 Å². The van der Waals surface area contributed by atoms with E-state index in [1.807, 2.05) is 20.8 Å². The van der Waals surface area contributed by atoms with Crippen LogP contribution < -0.4 is 5.32 Å². The highest BCUT2D eigenvalue weighted by molar-refractivity contribution is 6.67. The molecule has 0 rings (SSSR count). The summed E-state index contributed by atoms with van der Waals surface area (Å²) in [5, 5.41) is 2.61. The van der Waals surface area contributed by atoms with E-state index in [-0.39, 0.29) is 0 Å². The molecule has 0 aliphatic heterocycles. The summed E-state index contributed by atoms with van der Waals surface area (Å²) in [6.07, 6.45) is 1.66. The third kappa shape index (κ3) is 8.03. The highest BCUT2D eigenvalue weighted by Crippen LogP contribution is 2.10. The second-order valence-corrected chi connectivity index (χ2v) is 8.28. The molecule has 0 bridgehead atoms. The van der Waals surface area contributed by atoms with Crippen LogP contribution in [0.25, 0.3) is 0 Å². The quantitative estimate of drug-likeness (QED) is 0.700. The maximum Gasteiger partial charge on any atom is 0.460 e. The monoisotopic (exact) mass is 304 g/mol. The fourth-order valence-corrected chi connectivity index (χ4v) is 2.73. The van der Waals surface area contributed by atoms with E-state index in [2.05, 4.69) is 5.32 Å². The molecule has 0 aromatic carbocycles.